The molecule has 1 aromatic carbocycles. The van der Waals surface area contributed by atoms with Crippen LogP contribution in [-0.4, -0.2) is 42.2 Å². The number of amides is 1. The maximum atomic E-state index is 13.1. The summed E-state index contributed by atoms with van der Waals surface area (Å²) in [5, 5.41) is 3.09. The Balaban J connectivity index is 1.59. The van der Waals surface area contributed by atoms with Crippen molar-refractivity contribution in [3.8, 4) is 0 Å². The third kappa shape index (κ3) is 3.99. The maximum Gasteiger partial charge on any atom is 0.251 e. The summed E-state index contributed by atoms with van der Waals surface area (Å²) in [7, 11) is 0. The highest BCUT2D eigenvalue weighted by molar-refractivity contribution is 5.94. The van der Waals surface area contributed by atoms with E-state index in [0.29, 0.717) is 18.8 Å². The average molecular weight is 384 g/mol. The van der Waals surface area contributed by atoms with E-state index >= 15 is 0 Å². The van der Waals surface area contributed by atoms with E-state index in [-0.39, 0.29) is 23.2 Å². The molecule has 1 saturated heterocycles. The summed E-state index contributed by atoms with van der Waals surface area (Å²) in [5.41, 5.74) is 2.39. The molecule has 6 nitrogen and oxygen atoms in total. The van der Waals surface area contributed by atoms with Gasteiger partial charge in [0.25, 0.3) is 5.91 Å². The minimum Gasteiger partial charge on any atom is -0.378 e. The van der Waals surface area contributed by atoms with Gasteiger partial charge in [-0.25, -0.2) is 14.4 Å². The quantitative estimate of drug-likeness (QED) is 0.881. The Kier molecular flexibility index (Phi) is 5.02. The zero-order chi connectivity index (χ0) is 19.7. The highest BCUT2D eigenvalue weighted by Crippen LogP contribution is 2.40. The monoisotopic (exact) mass is 384 g/mol. The first-order valence-corrected chi connectivity index (χ1v) is 9.66. The molecule has 0 spiro atoms. The number of carbonyl (C=O) groups excluding carboxylic acids is 1. The number of carbonyl (C=O) groups is 1. The van der Waals surface area contributed by atoms with Crippen molar-refractivity contribution in [1.29, 1.82) is 0 Å². The zero-order valence-electron chi connectivity index (χ0n) is 16.2. The van der Waals surface area contributed by atoms with Crippen LogP contribution in [0.2, 0.25) is 0 Å². The van der Waals surface area contributed by atoms with Gasteiger partial charge in [-0.05, 0) is 42.5 Å². The van der Waals surface area contributed by atoms with Crippen LogP contribution in [0, 0.1) is 11.2 Å². The summed E-state index contributed by atoms with van der Waals surface area (Å²) < 4.78 is 18.5. The molecule has 1 atom stereocenters. The van der Waals surface area contributed by atoms with Gasteiger partial charge in [-0.2, -0.15) is 0 Å². The second-order valence-corrected chi connectivity index (χ2v) is 8.25. The number of aromatic nitrogens is 2. The van der Waals surface area contributed by atoms with Crippen LogP contribution in [0.5, 0.6) is 0 Å². The molecule has 2 heterocycles. The molecular weight excluding hydrogens is 359 g/mol. The zero-order valence-corrected chi connectivity index (χ0v) is 16.2. The molecule has 1 aliphatic heterocycles. The Labute approximate surface area is 164 Å². The van der Waals surface area contributed by atoms with Gasteiger partial charge in [0.05, 0.1) is 24.9 Å². The summed E-state index contributed by atoms with van der Waals surface area (Å²) in [6, 6.07) is 5.42. The molecule has 2 aliphatic rings. The van der Waals surface area contributed by atoms with Crippen LogP contribution in [0.15, 0.2) is 30.5 Å². The van der Waals surface area contributed by atoms with Gasteiger partial charge in [0.1, 0.15) is 5.82 Å². The molecule has 148 valence electrons. The molecule has 0 bridgehead atoms. The van der Waals surface area contributed by atoms with Crippen LogP contribution in [0.3, 0.4) is 0 Å². The van der Waals surface area contributed by atoms with Gasteiger partial charge < -0.3 is 15.0 Å². The van der Waals surface area contributed by atoms with Crippen molar-refractivity contribution < 1.29 is 13.9 Å². The molecule has 1 amide bonds. The normalized spacial score (nSPS) is 21.1. The molecule has 1 N–H and O–H groups in total. The van der Waals surface area contributed by atoms with E-state index < -0.39 is 0 Å². The lowest BCUT2D eigenvalue weighted by molar-refractivity contribution is 0.0918. The van der Waals surface area contributed by atoms with E-state index in [4.69, 9.17) is 9.72 Å². The Morgan fingerprint density at radius 1 is 1.25 bits per heavy atom. The number of rotatable bonds is 3. The number of hydrogen-bond acceptors (Lipinski definition) is 5. The van der Waals surface area contributed by atoms with E-state index in [0.717, 1.165) is 43.1 Å². The Bertz CT molecular complexity index is 863. The first kappa shape index (κ1) is 18.8. The number of morpholine rings is 1. The lowest BCUT2D eigenvalue weighted by atomic mass is 9.74. The topological polar surface area (TPSA) is 67.3 Å². The van der Waals surface area contributed by atoms with Gasteiger partial charge in [0, 0.05) is 30.4 Å². The molecule has 1 fully saturated rings. The summed E-state index contributed by atoms with van der Waals surface area (Å²) >= 11 is 0. The van der Waals surface area contributed by atoms with Crippen molar-refractivity contribution in [2.45, 2.75) is 32.7 Å². The highest BCUT2D eigenvalue weighted by atomic mass is 19.1. The fraction of sp³-hybridized carbons (Fsp3) is 0.476. The number of ether oxygens (including phenoxy) is 1. The second-order valence-electron chi connectivity index (χ2n) is 8.25. The predicted octanol–water partition coefficient (Wildman–Crippen LogP) is 2.90. The Morgan fingerprint density at radius 3 is 2.68 bits per heavy atom. The van der Waals surface area contributed by atoms with Crippen LogP contribution < -0.4 is 10.2 Å². The van der Waals surface area contributed by atoms with Crippen molar-refractivity contribution in [2.75, 3.05) is 31.2 Å². The first-order chi connectivity index (χ1) is 13.4. The third-order valence-electron chi connectivity index (χ3n) is 5.37. The maximum absolute atomic E-state index is 13.1. The fourth-order valence-electron chi connectivity index (χ4n) is 3.92. The SMILES string of the molecule is CC1(C)Cc2nc(N3CCOCC3)ncc2[C@@H](NC(=O)c2ccc(F)cc2)C1. The van der Waals surface area contributed by atoms with Crippen molar-refractivity contribution in [2.24, 2.45) is 5.41 Å². The molecule has 28 heavy (non-hydrogen) atoms. The minimum absolute atomic E-state index is 0.00434. The largest absolute Gasteiger partial charge is 0.378 e. The molecule has 1 aliphatic carbocycles. The van der Waals surface area contributed by atoms with Crippen molar-refractivity contribution >= 4 is 11.9 Å². The van der Waals surface area contributed by atoms with E-state index in [1.54, 1.807) is 0 Å². The van der Waals surface area contributed by atoms with Crippen molar-refractivity contribution in [3.05, 3.63) is 53.1 Å². The van der Waals surface area contributed by atoms with Crippen LogP contribution in [-0.2, 0) is 11.2 Å². The van der Waals surface area contributed by atoms with Gasteiger partial charge in [-0.15, -0.1) is 0 Å². The van der Waals surface area contributed by atoms with E-state index in [9.17, 15) is 9.18 Å². The molecule has 1 aromatic heterocycles. The van der Waals surface area contributed by atoms with Gasteiger partial charge in [-0.3, -0.25) is 4.79 Å². The number of anilines is 1. The Hall–Kier alpha value is -2.54. The first-order valence-electron chi connectivity index (χ1n) is 9.66. The Morgan fingerprint density at radius 2 is 1.96 bits per heavy atom. The lowest BCUT2D eigenvalue weighted by Crippen LogP contribution is -2.39. The number of fused-ring (bicyclic) bond motifs is 1. The smallest absolute Gasteiger partial charge is 0.251 e. The second kappa shape index (κ2) is 7.47. The number of nitrogens with zero attached hydrogens (tertiary/aromatic N) is 3. The molecule has 7 heteroatoms. The predicted molar refractivity (Wildman–Crippen MR) is 104 cm³/mol. The van der Waals surface area contributed by atoms with Crippen LogP contribution >= 0.6 is 0 Å². The van der Waals surface area contributed by atoms with Crippen molar-refractivity contribution in [3.63, 3.8) is 0 Å². The molecule has 0 saturated carbocycles. The highest BCUT2D eigenvalue weighted by Gasteiger charge is 2.35. The average Bonchev–Trinajstić information content (AvgIpc) is 2.68. The molecule has 0 radical (unpaired) electrons. The molecule has 2 aromatic rings. The summed E-state index contributed by atoms with van der Waals surface area (Å²) in [5.74, 6) is 0.152. The summed E-state index contributed by atoms with van der Waals surface area (Å²) in [6.45, 7) is 7.30. The number of nitrogens with one attached hydrogen (secondary N) is 1. The molecular formula is C21H25FN4O2. The van der Waals surface area contributed by atoms with E-state index in [1.165, 1.54) is 24.3 Å². The fourth-order valence-corrected chi connectivity index (χ4v) is 3.92. The van der Waals surface area contributed by atoms with Crippen LogP contribution in [0.1, 0.15) is 47.9 Å². The standard InChI is InChI=1S/C21H25FN4O2/c1-21(2)11-17(24-19(27)14-3-5-15(22)6-4-14)16-13-23-20(25-18(16)12-21)26-7-9-28-10-8-26/h3-6,13,17H,7-12H2,1-2H3,(H,24,27)/t17-/m0/s1. The van der Waals surface area contributed by atoms with Gasteiger partial charge in [0.2, 0.25) is 5.95 Å². The number of halogens is 1. The van der Waals surface area contributed by atoms with Crippen LogP contribution in [0.4, 0.5) is 10.3 Å². The summed E-state index contributed by atoms with van der Waals surface area (Å²) in [4.78, 5) is 24.2. The van der Waals surface area contributed by atoms with Crippen LogP contribution in [0.25, 0.3) is 0 Å². The number of hydrogen-bond donors (Lipinski definition) is 1. The van der Waals surface area contributed by atoms with E-state index in [1.807, 2.05) is 6.20 Å². The molecule has 4 rings (SSSR count). The minimum atomic E-state index is -0.357. The third-order valence-corrected chi connectivity index (χ3v) is 5.37. The van der Waals surface area contributed by atoms with Crippen molar-refractivity contribution in [1.82, 2.24) is 15.3 Å². The lowest BCUT2D eigenvalue weighted by Gasteiger charge is -2.37. The number of benzene rings is 1. The van der Waals surface area contributed by atoms with Gasteiger partial charge >= 0.3 is 0 Å². The summed E-state index contributed by atoms with van der Waals surface area (Å²) in [6.07, 6.45) is 3.48. The van der Waals surface area contributed by atoms with Gasteiger partial charge in [0.15, 0.2) is 0 Å². The van der Waals surface area contributed by atoms with Gasteiger partial charge in [-0.1, -0.05) is 13.8 Å². The molecule has 0 unspecified atom stereocenters. The van der Waals surface area contributed by atoms with E-state index in [2.05, 4.69) is 29.0 Å².